The maximum Gasteiger partial charge on any atom is 0.257 e. The van der Waals surface area contributed by atoms with Crippen molar-refractivity contribution < 1.29 is 12.3 Å². The zero-order valence-electron chi connectivity index (χ0n) is 9.67. The van der Waals surface area contributed by atoms with Crippen molar-refractivity contribution in [1.29, 1.82) is 0 Å². The Morgan fingerprint density at radius 2 is 1.43 bits per heavy atom. The molecular weight excluding hydrogens is 216 g/mol. The molecule has 0 atom stereocenters. The Labute approximate surface area is 89.1 Å². The summed E-state index contributed by atoms with van der Waals surface area (Å²) in [6, 6.07) is 2.63. The molecule has 0 radical (unpaired) electrons. The van der Waals surface area contributed by atoms with Crippen LogP contribution in [-0.2, 0) is 14.0 Å². The fourth-order valence-electron chi connectivity index (χ4n) is 1.49. The molecule has 0 saturated heterocycles. The second kappa shape index (κ2) is 5.88. The Bertz CT molecular complexity index is 237. The van der Waals surface area contributed by atoms with Crippen LogP contribution in [-0.4, -0.2) is 22.5 Å². The summed E-state index contributed by atoms with van der Waals surface area (Å²) in [5.41, 5.74) is 0. The van der Waals surface area contributed by atoms with Gasteiger partial charge in [0.15, 0.2) is 0 Å². The maximum atomic E-state index is 11.5. The highest BCUT2D eigenvalue weighted by Gasteiger charge is 2.34. The largest absolute Gasteiger partial charge is 0.315 e. The predicted octanol–water partition coefficient (Wildman–Crippen LogP) is 2.75. The van der Waals surface area contributed by atoms with Crippen LogP contribution in [0.25, 0.3) is 0 Å². The molecule has 3 nitrogen and oxygen atoms in total. The van der Waals surface area contributed by atoms with Crippen molar-refractivity contribution >= 4 is 18.4 Å². The molecule has 86 valence electrons. The van der Waals surface area contributed by atoms with E-state index in [4.69, 9.17) is 3.87 Å². The van der Waals surface area contributed by atoms with Gasteiger partial charge in [-0.15, -0.1) is 0 Å². The van der Waals surface area contributed by atoms with Crippen LogP contribution in [0.15, 0.2) is 0 Å². The van der Waals surface area contributed by atoms with Crippen LogP contribution >= 0.6 is 0 Å². The Balaban J connectivity index is 4.59. The average Bonchev–Trinajstić information content (AvgIpc) is 2.14. The molecule has 0 aliphatic heterocycles. The molecule has 0 heterocycles. The van der Waals surface area contributed by atoms with Gasteiger partial charge in [0.05, 0.1) is 5.75 Å². The monoisotopic (exact) mass is 238 g/mol. The van der Waals surface area contributed by atoms with Gasteiger partial charge in [-0.1, -0.05) is 27.7 Å². The maximum absolute atomic E-state index is 11.5. The van der Waals surface area contributed by atoms with E-state index in [1.54, 1.807) is 0 Å². The number of hydrogen-bond acceptors (Lipinski definition) is 3. The Hall–Kier alpha value is 0.127. The van der Waals surface area contributed by atoms with Crippen molar-refractivity contribution in [2.75, 3.05) is 5.75 Å². The van der Waals surface area contributed by atoms with Crippen molar-refractivity contribution in [1.82, 2.24) is 0 Å². The molecule has 0 rings (SSSR count). The predicted molar refractivity (Wildman–Crippen MR) is 62.4 cm³/mol. The first-order valence-electron chi connectivity index (χ1n) is 5.38. The summed E-state index contributed by atoms with van der Waals surface area (Å²) in [6.45, 7) is 7.94. The third-order valence-electron chi connectivity index (χ3n) is 2.69. The van der Waals surface area contributed by atoms with Gasteiger partial charge in [0.2, 0.25) is 8.32 Å². The smallest absolute Gasteiger partial charge is 0.257 e. The van der Waals surface area contributed by atoms with Crippen LogP contribution in [0.5, 0.6) is 0 Å². The summed E-state index contributed by atoms with van der Waals surface area (Å²) < 4.78 is 28.5. The first-order valence-corrected chi connectivity index (χ1v) is 9.49. The third-order valence-corrected chi connectivity index (χ3v) is 9.90. The summed E-state index contributed by atoms with van der Waals surface area (Å²) in [5.74, 6) is 0.155. The molecule has 5 heteroatoms. The number of hydrogen-bond donors (Lipinski definition) is 0. The van der Waals surface area contributed by atoms with Crippen molar-refractivity contribution in [3.05, 3.63) is 0 Å². The highest BCUT2D eigenvalue weighted by atomic mass is 32.2. The van der Waals surface area contributed by atoms with Gasteiger partial charge in [-0.25, -0.2) is 8.42 Å². The van der Waals surface area contributed by atoms with Crippen LogP contribution in [0.1, 0.15) is 34.1 Å². The van der Waals surface area contributed by atoms with Crippen LogP contribution < -0.4 is 0 Å². The molecule has 0 amide bonds. The van der Waals surface area contributed by atoms with Gasteiger partial charge in [-0.2, -0.15) is 0 Å². The van der Waals surface area contributed by atoms with Gasteiger partial charge in [0.1, 0.15) is 0 Å². The SMILES string of the molecule is CCCS(=O)(=O)O[Si](CC)(CC)CC. The van der Waals surface area contributed by atoms with Crippen LogP contribution in [0.2, 0.25) is 18.1 Å². The van der Waals surface area contributed by atoms with E-state index in [1.807, 2.05) is 27.7 Å². The van der Waals surface area contributed by atoms with E-state index in [9.17, 15) is 8.42 Å². The van der Waals surface area contributed by atoms with Gasteiger partial charge in [0, 0.05) is 0 Å². The van der Waals surface area contributed by atoms with E-state index >= 15 is 0 Å². The molecule has 0 bridgehead atoms. The zero-order chi connectivity index (χ0) is 11.2. The van der Waals surface area contributed by atoms with E-state index in [2.05, 4.69) is 0 Å². The van der Waals surface area contributed by atoms with Crippen LogP contribution in [0.4, 0.5) is 0 Å². The molecule has 0 aromatic heterocycles. The molecule has 0 unspecified atom stereocenters. The van der Waals surface area contributed by atoms with Gasteiger partial charge < -0.3 is 3.87 Å². The molecule has 0 aromatic carbocycles. The minimum absolute atomic E-state index is 0.155. The van der Waals surface area contributed by atoms with Crippen LogP contribution in [0, 0.1) is 0 Å². The molecule has 0 aliphatic rings. The lowest BCUT2D eigenvalue weighted by Gasteiger charge is -2.26. The minimum Gasteiger partial charge on any atom is -0.315 e. The van der Waals surface area contributed by atoms with Gasteiger partial charge in [0.25, 0.3) is 10.1 Å². The standard InChI is InChI=1S/C9H22O3SSi/c1-5-9-13(10,11)12-14(6-2,7-3)8-4/h5-9H2,1-4H3. The van der Waals surface area contributed by atoms with Crippen molar-refractivity contribution in [2.45, 2.75) is 52.2 Å². The van der Waals surface area contributed by atoms with Crippen LogP contribution in [0.3, 0.4) is 0 Å². The van der Waals surface area contributed by atoms with Crippen molar-refractivity contribution in [3.8, 4) is 0 Å². The van der Waals surface area contributed by atoms with E-state index in [0.717, 1.165) is 18.1 Å². The summed E-state index contributed by atoms with van der Waals surface area (Å²) in [4.78, 5) is 0. The molecule has 0 spiro atoms. The van der Waals surface area contributed by atoms with E-state index < -0.39 is 18.4 Å². The van der Waals surface area contributed by atoms with Gasteiger partial charge >= 0.3 is 0 Å². The quantitative estimate of drug-likeness (QED) is 0.641. The third kappa shape index (κ3) is 4.10. The number of rotatable bonds is 7. The Kier molecular flexibility index (Phi) is 5.93. The summed E-state index contributed by atoms with van der Waals surface area (Å²) in [5, 5.41) is 0. The van der Waals surface area contributed by atoms with E-state index in [0.29, 0.717) is 6.42 Å². The van der Waals surface area contributed by atoms with E-state index in [1.165, 1.54) is 0 Å². The zero-order valence-corrected chi connectivity index (χ0v) is 11.5. The van der Waals surface area contributed by atoms with Crippen molar-refractivity contribution in [2.24, 2.45) is 0 Å². The average molecular weight is 238 g/mol. The molecular formula is C9H22O3SSi. The first kappa shape index (κ1) is 14.1. The fourth-order valence-corrected chi connectivity index (χ4v) is 7.39. The lowest BCUT2D eigenvalue weighted by atomic mass is 10.6. The second-order valence-electron chi connectivity index (χ2n) is 3.59. The lowest BCUT2D eigenvalue weighted by molar-refractivity contribution is 0.474. The molecule has 0 fully saturated rings. The highest BCUT2D eigenvalue weighted by Crippen LogP contribution is 2.24. The summed E-state index contributed by atoms with van der Waals surface area (Å²) in [6.07, 6.45) is 0.629. The molecule has 0 aliphatic carbocycles. The molecule has 14 heavy (non-hydrogen) atoms. The molecule has 0 aromatic rings. The molecule has 0 N–H and O–H groups in total. The van der Waals surface area contributed by atoms with Crippen molar-refractivity contribution in [3.63, 3.8) is 0 Å². The Morgan fingerprint density at radius 1 is 1.00 bits per heavy atom. The van der Waals surface area contributed by atoms with Gasteiger partial charge in [-0.3, -0.25) is 0 Å². The first-order chi connectivity index (χ1) is 6.45. The lowest BCUT2D eigenvalue weighted by Crippen LogP contribution is -2.38. The van der Waals surface area contributed by atoms with E-state index in [-0.39, 0.29) is 5.75 Å². The summed E-state index contributed by atoms with van der Waals surface area (Å²) in [7, 11) is -5.24. The molecule has 0 saturated carbocycles. The highest BCUT2D eigenvalue weighted by molar-refractivity contribution is 7.87. The topological polar surface area (TPSA) is 43.4 Å². The normalized spacial score (nSPS) is 13.1. The second-order valence-corrected chi connectivity index (χ2v) is 10.3. The fraction of sp³-hybridized carbons (Fsp3) is 1.00. The minimum atomic E-state index is -3.26. The summed E-state index contributed by atoms with van der Waals surface area (Å²) >= 11 is 0. The van der Waals surface area contributed by atoms with Gasteiger partial charge in [-0.05, 0) is 24.6 Å². The Morgan fingerprint density at radius 3 is 1.71 bits per heavy atom.